The highest BCUT2D eigenvalue weighted by Crippen LogP contribution is 2.26. The second-order valence-electron chi connectivity index (χ2n) is 4.59. The predicted octanol–water partition coefficient (Wildman–Crippen LogP) is 2.43. The Morgan fingerprint density at radius 2 is 2.19 bits per heavy atom. The average molecular weight is 296 g/mol. The first kappa shape index (κ1) is 15.0. The molecular weight excluding hydrogens is 282 g/mol. The van der Waals surface area contributed by atoms with Crippen molar-refractivity contribution in [2.24, 2.45) is 0 Å². The number of halogens is 2. The monoisotopic (exact) mass is 296 g/mol. The summed E-state index contributed by atoms with van der Waals surface area (Å²) >= 11 is 0. The highest BCUT2D eigenvalue weighted by molar-refractivity contribution is 5.67. The smallest absolute Gasteiger partial charge is 0.305 e. The molecule has 0 saturated heterocycles. The third-order valence-electron chi connectivity index (χ3n) is 3.06. The van der Waals surface area contributed by atoms with Crippen molar-refractivity contribution in [3.63, 3.8) is 0 Å². The lowest BCUT2D eigenvalue weighted by atomic mass is 10.1. The van der Waals surface area contributed by atoms with Gasteiger partial charge in [-0.3, -0.25) is 4.79 Å². The van der Waals surface area contributed by atoms with Gasteiger partial charge in [0.2, 0.25) is 0 Å². The van der Waals surface area contributed by atoms with E-state index in [0.717, 1.165) is 6.07 Å². The number of hydrogen-bond donors (Lipinski definition) is 1. The van der Waals surface area contributed by atoms with Crippen LogP contribution in [0.1, 0.15) is 32.2 Å². The fourth-order valence-corrected chi connectivity index (χ4v) is 2.14. The van der Waals surface area contributed by atoms with Crippen LogP contribution in [0.25, 0.3) is 11.4 Å². The Kier molecular flexibility index (Phi) is 4.56. The van der Waals surface area contributed by atoms with Crippen LogP contribution < -0.4 is 0 Å². The minimum atomic E-state index is -1.06. The fourth-order valence-electron chi connectivity index (χ4n) is 2.14. The van der Waals surface area contributed by atoms with Gasteiger partial charge in [0.1, 0.15) is 0 Å². The number of carboxylic acid groups (broad SMARTS) is 1. The Balaban J connectivity index is 2.45. The number of carbonyl (C=O) groups is 1. The maximum Gasteiger partial charge on any atom is 0.305 e. The Bertz CT molecular complexity index is 645. The summed E-state index contributed by atoms with van der Waals surface area (Å²) in [5.41, 5.74) is -0.0912. The van der Waals surface area contributed by atoms with E-state index in [2.05, 4.69) is 15.5 Å². The van der Waals surface area contributed by atoms with Gasteiger partial charge in [-0.05, 0) is 29.0 Å². The predicted molar refractivity (Wildman–Crippen MR) is 69.4 cm³/mol. The SMILES string of the molecule is CCCC(CC(=O)O)n1nnnc1-c1cccc(F)c1F. The molecule has 1 unspecified atom stereocenters. The number of nitrogens with zero attached hydrogens (tertiary/aromatic N) is 4. The topological polar surface area (TPSA) is 80.9 Å². The van der Waals surface area contributed by atoms with Crippen LogP contribution in [-0.4, -0.2) is 31.3 Å². The third kappa shape index (κ3) is 3.21. The van der Waals surface area contributed by atoms with Gasteiger partial charge in [0.25, 0.3) is 0 Å². The van der Waals surface area contributed by atoms with Gasteiger partial charge in [-0.15, -0.1) is 5.10 Å². The van der Waals surface area contributed by atoms with Crippen molar-refractivity contribution in [2.45, 2.75) is 32.2 Å². The van der Waals surface area contributed by atoms with E-state index in [1.54, 1.807) is 0 Å². The molecule has 8 heteroatoms. The Morgan fingerprint density at radius 1 is 1.43 bits per heavy atom. The fraction of sp³-hybridized carbons (Fsp3) is 0.385. The molecule has 0 amide bonds. The normalized spacial score (nSPS) is 12.3. The van der Waals surface area contributed by atoms with Crippen molar-refractivity contribution in [2.75, 3.05) is 0 Å². The molecule has 1 aromatic heterocycles. The summed E-state index contributed by atoms with van der Waals surface area (Å²) in [4.78, 5) is 10.9. The minimum absolute atomic E-state index is 0.0201. The first-order chi connectivity index (χ1) is 10.0. The summed E-state index contributed by atoms with van der Waals surface area (Å²) in [6.07, 6.45) is 1.03. The molecule has 0 aliphatic rings. The number of rotatable bonds is 6. The van der Waals surface area contributed by atoms with Crippen LogP contribution in [-0.2, 0) is 4.79 Å². The van der Waals surface area contributed by atoms with Gasteiger partial charge in [0, 0.05) is 0 Å². The van der Waals surface area contributed by atoms with Crippen LogP contribution in [0, 0.1) is 11.6 Å². The molecule has 6 nitrogen and oxygen atoms in total. The molecule has 2 aromatic rings. The van der Waals surface area contributed by atoms with Crippen molar-refractivity contribution in [3.05, 3.63) is 29.8 Å². The van der Waals surface area contributed by atoms with Gasteiger partial charge in [-0.25, -0.2) is 13.5 Å². The molecule has 0 aliphatic heterocycles. The second kappa shape index (κ2) is 6.38. The van der Waals surface area contributed by atoms with Crippen LogP contribution >= 0.6 is 0 Å². The van der Waals surface area contributed by atoms with E-state index in [1.165, 1.54) is 16.8 Å². The van der Waals surface area contributed by atoms with Crippen molar-refractivity contribution in [1.29, 1.82) is 0 Å². The van der Waals surface area contributed by atoms with Gasteiger partial charge in [0.15, 0.2) is 17.5 Å². The largest absolute Gasteiger partial charge is 0.481 e. The number of tetrazole rings is 1. The molecule has 0 saturated carbocycles. The average Bonchev–Trinajstić information content (AvgIpc) is 2.90. The van der Waals surface area contributed by atoms with E-state index in [-0.39, 0.29) is 17.8 Å². The second-order valence-corrected chi connectivity index (χ2v) is 4.59. The van der Waals surface area contributed by atoms with Crippen LogP contribution in [0.3, 0.4) is 0 Å². The van der Waals surface area contributed by atoms with Crippen LogP contribution in [0.15, 0.2) is 18.2 Å². The lowest BCUT2D eigenvalue weighted by Crippen LogP contribution is -2.16. The summed E-state index contributed by atoms with van der Waals surface area (Å²) in [5.74, 6) is -3.05. The van der Waals surface area contributed by atoms with E-state index >= 15 is 0 Å². The van der Waals surface area contributed by atoms with Crippen LogP contribution in [0.4, 0.5) is 8.78 Å². The Hall–Kier alpha value is -2.38. The van der Waals surface area contributed by atoms with Crippen molar-refractivity contribution >= 4 is 5.97 Å². The molecule has 0 fully saturated rings. The van der Waals surface area contributed by atoms with Crippen molar-refractivity contribution in [3.8, 4) is 11.4 Å². The zero-order chi connectivity index (χ0) is 15.4. The van der Waals surface area contributed by atoms with E-state index in [1.807, 2.05) is 6.92 Å². The van der Waals surface area contributed by atoms with E-state index in [0.29, 0.717) is 12.8 Å². The molecule has 0 radical (unpaired) electrons. The summed E-state index contributed by atoms with van der Waals surface area (Å²) in [6, 6.07) is 3.18. The summed E-state index contributed by atoms with van der Waals surface area (Å²) in [5, 5.41) is 19.9. The summed E-state index contributed by atoms with van der Waals surface area (Å²) < 4.78 is 28.4. The molecule has 0 spiro atoms. The number of aromatic nitrogens is 4. The minimum Gasteiger partial charge on any atom is -0.481 e. The molecule has 1 atom stereocenters. The standard InChI is InChI=1S/C13H14F2N4O2/c1-2-4-8(7-11(20)21)19-13(16-17-18-19)9-5-3-6-10(14)12(9)15/h3,5-6,8H,2,4,7H2,1H3,(H,20,21). The molecular formula is C13H14F2N4O2. The molecule has 0 bridgehead atoms. The zero-order valence-electron chi connectivity index (χ0n) is 11.3. The van der Waals surface area contributed by atoms with E-state index in [9.17, 15) is 13.6 Å². The summed E-state index contributed by atoms with van der Waals surface area (Å²) in [7, 11) is 0. The Labute approximate surface area is 119 Å². The number of hydrogen-bond acceptors (Lipinski definition) is 4. The number of carboxylic acids is 1. The highest BCUT2D eigenvalue weighted by Gasteiger charge is 2.23. The van der Waals surface area contributed by atoms with Gasteiger partial charge < -0.3 is 5.11 Å². The third-order valence-corrected chi connectivity index (χ3v) is 3.06. The molecule has 1 aromatic carbocycles. The number of benzene rings is 1. The molecule has 112 valence electrons. The maximum atomic E-state index is 13.9. The first-order valence-corrected chi connectivity index (χ1v) is 6.48. The van der Waals surface area contributed by atoms with Crippen molar-refractivity contribution < 1.29 is 18.7 Å². The van der Waals surface area contributed by atoms with Crippen LogP contribution in [0.5, 0.6) is 0 Å². The lowest BCUT2D eigenvalue weighted by Gasteiger charge is -2.15. The van der Waals surface area contributed by atoms with E-state index in [4.69, 9.17) is 5.11 Å². The molecule has 1 heterocycles. The van der Waals surface area contributed by atoms with Gasteiger partial charge >= 0.3 is 5.97 Å². The van der Waals surface area contributed by atoms with Gasteiger partial charge in [0.05, 0.1) is 18.0 Å². The van der Waals surface area contributed by atoms with Crippen LogP contribution in [0.2, 0.25) is 0 Å². The maximum absolute atomic E-state index is 13.9. The molecule has 2 rings (SSSR count). The van der Waals surface area contributed by atoms with E-state index < -0.39 is 23.6 Å². The first-order valence-electron chi connectivity index (χ1n) is 6.48. The highest BCUT2D eigenvalue weighted by atomic mass is 19.2. The van der Waals surface area contributed by atoms with Gasteiger partial charge in [-0.1, -0.05) is 19.4 Å². The van der Waals surface area contributed by atoms with Gasteiger partial charge in [-0.2, -0.15) is 0 Å². The Morgan fingerprint density at radius 3 is 2.86 bits per heavy atom. The lowest BCUT2D eigenvalue weighted by molar-refractivity contribution is -0.138. The van der Waals surface area contributed by atoms with Crippen molar-refractivity contribution in [1.82, 2.24) is 20.2 Å². The molecule has 1 N–H and O–H groups in total. The quantitative estimate of drug-likeness (QED) is 0.885. The molecule has 21 heavy (non-hydrogen) atoms. The summed E-state index contributed by atoms with van der Waals surface area (Å²) in [6.45, 7) is 1.89. The molecule has 0 aliphatic carbocycles. The number of aliphatic carboxylic acids is 1. The zero-order valence-corrected chi connectivity index (χ0v) is 11.3.